The topological polar surface area (TPSA) is 71.4 Å². The maximum Gasteiger partial charge on any atom is 0.303 e. The summed E-state index contributed by atoms with van der Waals surface area (Å²) in [6.45, 7) is 0. The van der Waals surface area contributed by atoms with E-state index in [-0.39, 0.29) is 11.7 Å². The molecule has 2 rings (SSSR count). The van der Waals surface area contributed by atoms with Crippen LogP contribution in [-0.4, -0.2) is 20.5 Å². The lowest BCUT2D eigenvalue weighted by atomic mass is 10.1. The van der Waals surface area contributed by atoms with Crippen LogP contribution in [-0.2, 0) is 31.7 Å². The van der Waals surface area contributed by atoms with Crippen molar-refractivity contribution in [1.82, 2.24) is 0 Å². The maximum absolute atomic E-state index is 10.4. The van der Waals surface area contributed by atoms with Crippen molar-refractivity contribution in [3.05, 3.63) is 71.8 Å². The van der Waals surface area contributed by atoms with Crippen LogP contribution in [0.2, 0.25) is 0 Å². The summed E-state index contributed by atoms with van der Waals surface area (Å²) in [5, 5.41) is 8.11. The van der Waals surface area contributed by atoms with Crippen molar-refractivity contribution in [2.45, 2.75) is 25.7 Å². The van der Waals surface area contributed by atoms with Crippen LogP contribution in [0.3, 0.4) is 0 Å². The fourth-order valence-electron chi connectivity index (χ4n) is 1.78. The summed E-state index contributed by atoms with van der Waals surface area (Å²) >= 11 is 5.19. The Kier molecular flexibility index (Phi) is 15.0. The summed E-state index contributed by atoms with van der Waals surface area (Å²) in [5.41, 5.74) is 2.23. The number of hydrogen-bond donors (Lipinski definition) is 1. The summed E-state index contributed by atoms with van der Waals surface area (Å²) < 4.78 is 9.09. The number of carbonyl (C=O) groups excluding carboxylic acids is 1. The molecular weight excluding hydrogens is 419 g/mol. The highest BCUT2D eigenvalue weighted by molar-refractivity contribution is 8.26. The second-order valence-corrected chi connectivity index (χ2v) is 7.85. The van der Waals surface area contributed by atoms with Crippen LogP contribution in [0.15, 0.2) is 60.7 Å². The van der Waals surface area contributed by atoms with E-state index in [9.17, 15) is 9.59 Å². The molecule has 8 heteroatoms. The lowest BCUT2D eigenvalue weighted by Gasteiger charge is -1.95. The van der Waals surface area contributed by atoms with Gasteiger partial charge in [0.1, 0.15) is 0 Å². The minimum Gasteiger partial charge on any atom is -0.481 e. The van der Waals surface area contributed by atoms with Gasteiger partial charge in [-0.15, -0.1) is 0 Å². The summed E-state index contributed by atoms with van der Waals surface area (Å²) in [5.74, 6) is -0.742. The van der Waals surface area contributed by atoms with E-state index in [0.29, 0.717) is 12.8 Å². The standard InChI is InChI=1S/C9H9ClO.C9H10O2.Cl2OS/c2*10-9(11)7-6-8-4-2-1-3-5-8;1-4(2)3/h1-5H,6-7H2;1-5H,6-7H2,(H,10,11);. The number of hydrogen-bond acceptors (Lipinski definition) is 3. The lowest BCUT2D eigenvalue weighted by molar-refractivity contribution is -0.137. The number of carboxylic acid groups (broad SMARTS) is 1. The Balaban J connectivity index is 0.000000401. The highest BCUT2D eigenvalue weighted by Gasteiger charge is 1.97. The zero-order valence-corrected chi connectivity index (χ0v) is 16.9. The van der Waals surface area contributed by atoms with E-state index in [1.54, 1.807) is 0 Å². The first-order valence-corrected chi connectivity index (χ1v) is 10.7. The number of carbonyl (C=O) groups is 2. The van der Waals surface area contributed by atoms with E-state index in [1.165, 1.54) is 0 Å². The predicted molar refractivity (Wildman–Crippen MR) is 108 cm³/mol. The van der Waals surface area contributed by atoms with E-state index in [2.05, 4.69) is 21.4 Å². The Morgan fingerprint density at radius 2 is 1.15 bits per heavy atom. The summed E-state index contributed by atoms with van der Waals surface area (Å²) in [7, 11) is 7.36. The number of aryl methyl sites for hydroxylation is 2. The molecule has 4 nitrogen and oxygen atoms in total. The molecule has 0 spiro atoms. The monoisotopic (exact) mass is 436 g/mol. The smallest absolute Gasteiger partial charge is 0.303 e. The van der Waals surface area contributed by atoms with Gasteiger partial charge in [0, 0.05) is 34.2 Å². The Bertz CT molecular complexity index is 609. The van der Waals surface area contributed by atoms with E-state index in [0.717, 1.165) is 17.5 Å². The zero-order chi connectivity index (χ0) is 19.8. The molecule has 26 heavy (non-hydrogen) atoms. The molecule has 0 aliphatic heterocycles. The summed E-state index contributed by atoms with van der Waals surface area (Å²) in [6.07, 6.45) is 1.99. The largest absolute Gasteiger partial charge is 0.481 e. The molecule has 0 atom stereocenters. The second-order valence-electron chi connectivity index (χ2n) is 4.90. The zero-order valence-electron chi connectivity index (χ0n) is 13.8. The summed E-state index contributed by atoms with van der Waals surface area (Å²) in [4.78, 5) is 20.6. The number of rotatable bonds is 6. The van der Waals surface area contributed by atoms with Crippen LogP contribution < -0.4 is 0 Å². The quantitative estimate of drug-likeness (QED) is 0.636. The van der Waals surface area contributed by atoms with Crippen LogP contribution in [0, 0.1) is 0 Å². The summed E-state index contributed by atoms with van der Waals surface area (Å²) in [6, 6.07) is 19.4. The molecule has 1 N–H and O–H groups in total. The van der Waals surface area contributed by atoms with Crippen LogP contribution in [0.25, 0.3) is 0 Å². The average Bonchev–Trinajstić information content (AvgIpc) is 2.60. The van der Waals surface area contributed by atoms with Gasteiger partial charge in [-0.25, -0.2) is 4.21 Å². The van der Waals surface area contributed by atoms with Gasteiger partial charge in [0.25, 0.3) is 0 Å². The van der Waals surface area contributed by atoms with E-state index in [4.69, 9.17) is 20.9 Å². The van der Waals surface area contributed by atoms with Crippen molar-refractivity contribution >= 4 is 53.4 Å². The first kappa shape index (κ1) is 24.6. The number of aliphatic carboxylic acids is 1. The van der Waals surface area contributed by atoms with Crippen LogP contribution in [0.1, 0.15) is 24.0 Å². The third kappa shape index (κ3) is 17.4. The van der Waals surface area contributed by atoms with Crippen LogP contribution in [0.5, 0.6) is 0 Å². The van der Waals surface area contributed by atoms with Crippen molar-refractivity contribution in [3.8, 4) is 0 Å². The number of benzene rings is 2. The fourth-order valence-corrected chi connectivity index (χ4v) is 1.88. The molecule has 0 heterocycles. The van der Waals surface area contributed by atoms with Gasteiger partial charge in [-0.1, -0.05) is 60.7 Å². The SMILES string of the molecule is O=C(Cl)CCc1ccccc1.O=C(O)CCc1ccccc1.O=S(Cl)Cl. The average molecular weight is 438 g/mol. The molecule has 2 aromatic rings. The first-order valence-electron chi connectivity index (χ1n) is 7.53. The Labute approximate surface area is 169 Å². The van der Waals surface area contributed by atoms with E-state index < -0.39 is 15.2 Å². The fraction of sp³-hybridized carbons (Fsp3) is 0.222. The van der Waals surface area contributed by atoms with Crippen LogP contribution in [0.4, 0.5) is 0 Å². The minimum atomic E-state index is -1.67. The molecule has 142 valence electrons. The third-order valence-electron chi connectivity index (χ3n) is 2.92. The van der Waals surface area contributed by atoms with Gasteiger partial charge in [0.15, 0.2) is 0 Å². The lowest BCUT2D eigenvalue weighted by Crippen LogP contribution is -1.96. The molecule has 0 aliphatic rings. The minimum absolute atomic E-state index is 0.212. The predicted octanol–water partition coefficient (Wildman–Crippen LogP) is 5.13. The highest BCUT2D eigenvalue weighted by Crippen LogP contribution is 2.03. The molecule has 0 saturated carbocycles. The molecule has 0 bridgehead atoms. The molecule has 0 saturated heterocycles. The molecule has 0 radical (unpaired) electrons. The van der Waals surface area contributed by atoms with Crippen molar-refractivity contribution in [2.75, 3.05) is 0 Å². The van der Waals surface area contributed by atoms with Gasteiger partial charge in [0.05, 0.1) is 0 Å². The second kappa shape index (κ2) is 15.8. The van der Waals surface area contributed by atoms with Crippen molar-refractivity contribution < 1.29 is 18.9 Å². The van der Waals surface area contributed by atoms with Gasteiger partial charge in [-0.2, -0.15) is 0 Å². The van der Waals surface area contributed by atoms with Gasteiger partial charge in [0.2, 0.25) is 14.5 Å². The maximum atomic E-state index is 10.4. The Morgan fingerprint density at radius 3 is 1.46 bits per heavy atom. The molecule has 0 aliphatic carbocycles. The molecule has 0 amide bonds. The van der Waals surface area contributed by atoms with E-state index in [1.807, 2.05) is 60.7 Å². The molecule has 2 aromatic carbocycles. The third-order valence-corrected chi connectivity index (χ3v) is 3.11. The van der Waals surface area contributed by atoms with Crippen LogP contribution >= 0.6 is 33.0 Å². The van der Waals surface area contributed by atoms with Gasteiger partial charge >= 0.3 is 5.97 Å². The van der Waals surface area contributed by atoms with E-state index >= 15 is 0 Å². The van der Waals surface area contributed by atoms with Gasteiger partial charge < -0.3 is 5.11 Å². The number of halogens is 3. The van der Waals surface area contributed by atoms with Crippen molar-refractivity contribution in [2.24, 2.45) is 0 Å². The Hall–Kier alpha value is -1.40. The molecule has 0 aromatic heterocycles. The Morgan fingerprint density at radius 1 is 0.808 bits per heavy atom. The molecular formula is C18H19Cl3O4S. The molecule has 0 fully saturated rings. The number of carboxylic acids is 1. The molecule has 0 unspecified atom stereocenters. The van der Waals surface area contributed by atoms with Crippen molar-refractivity contribution in [1.29, 1.82) is 0 Å². The highest BCUT2D eigenvalue weighted by atomic mass is 36.0. The van der Waals surface area contributed by atoms with Gasteiger partial charge in [-0.05, 0) is 35.6 Å². The first-order chi connectivity index (χ1) is 12.3. The normalized spacial score (nSPS) is 9.38. The van der Waals surface area contributed by atoms with Gasteiger partial charge in [-0.3, -0.25) is 9.59 Å². The van der Waals surface area contributed by atoms with Crippen molar-refractivity contribution in [3.63, 3.8) is 0 Å².